The van der Waals surface area contributed by atoms with Crippen LogP contribution in [0, 0.1) is 0 Å². The number of amides is 2. The number of nitrogens with zero attached hydrogens (tertiary/aromatic N) is 1. The Labute approximate surface area is 109 Å². The van der Waals surface area contributed by atoms with Crippen molar-refractivity contribution in [2.24, 2.45) is 0 Å². The fourth-order valence-corrected chi connectivity index (χ4v) is 3.19. The molecule has 0 aromatic rings. The monoisotopic (exact) mass is 272 g/mol. The molecule has 6 nitrogen and oxygen atoms in total. The Hall–Kier alpha value is -1.24. The molecule has 1 saturated heterocycles. The molecule has 2 aliphatic rings. The average molecular weight is 272 g/mol. The number of carbonyl (C=O) groups excluding carboxylic acids is 2. The molecule has 1 saturated carbocycles. The number of carbonyl (C=O) groups is 3. The van der Waals surface area contributed by atoms with Crippen LogP contribution in [0.5, 0.6) is 0 Å². The van der Waals surface area contributed by atoms with Crippen LogP contribution in [0.15, 0.2) is 0 Å². The first-order valence-electron chi connectivity index (χ1n) is 5.89. The summed E-state index contributed by atoms with van der Waals surface area (Å²) in [4.78, 5) is 35.5. The van der Waals surface area contributed by atoms with Crippen molar-refractivity contribution in [3.63, 3.8) is 0 Å². The zero-order chi connectivity index (χ0) is 13.2. The number of carboxylic acids is 1. The summed E-state index contributed by atoms with van der Waals surface area (Å²) in [5, 5.41) is 11.6. The fraction of sp³-hybridized carbons (Fsp3) is 0.727. The Balaban J connectivity index is 1.86. The molecule has 100 valence electrons. The van der Waals surface area contributed by atoms with E-state index in [1.54, 1.807) is 0 Å². The molecule has 2 amide bonds. The molecule has 18 heavy (non-hydrogen) atoms. The lowest BCUT2D eigenvalue weighted by Crippen LogP contribution is -2.56. The third-order valence-electron chi connectivity index (χ3n) is 3.36. The number of nitrogens with one attached hydrogen (secondary N) is 1. The molecule has 0 spiro atoms. The van der Waals surface area contributed by atoms with Crippen LogP contribution >= 0.6 is 11.8 Å². The number of thioether (sulfide) groups is 1. The average Bonchev–Trinajstić information content (AvgIpc) is 2.60. The summed E-state index contributed by atoms with van der Waals surface area (Å²) in [7, 11) is 0. The Morgan fingerprint density at radius 2 is 2.17 bits per heavy atom. The van der Waals surface area contributed by atoms with Gasteiger partial charge in [-0.3, -0.25) is 14.4 Å². The van der Waals surface area contributed by atoms with E-state index in [-0.39, 0.29) is 24.8 Å². The van der Waals surface area contributed by atoms with Crippen molar-refractivity contribution in [1.82, 2.24) is 10.2 Å². The minimum atomic E-state index is -0.900. The molecule has 2 fully saturated rings. The van der Waals surface area contributed by atoms with Crippen LogP contribution in [-0.2, 0) is 14.4 Å². The fourth-order valence-electron chi connectivity index (χ4n) is 2.29. The molecule has 2 rings (SSSR count). The van der Waals surface area contributed by atoms with E-state index in [2.05, 4.69) is 5.32 Å². The summed E-state index contributed by atoms with van der Waals surface area (Å²) in [5.74, 6) is -0.225. The van der Waals surface area contributed by atoms with E-state index in [9.17, 15) is 14.4 Å². The van der Waals surface area contributed by atoms with Crippen LogP contribution in [0.4, 0.5) is 0 Å². The molecule has 0 aromatic heterocycles. The van der Waals surface area contributed by atoms with Gasteiger partial charge < -0.3 is 15.3 Å². The largest absolute Gasteiger partial charge is 0.481 e. The third kappa shape index (κ3) is 2.95. The van der Waals surface area contributed by atoms with E-state index < -0.39 is 11.5 Å². The molecule has 7 heteroatoms. The maximum Gasteiger partial charge on any atom is 0.305 e. The zero-order valence-electron chi connectivity index (χ0n) is 9.98. The molecule has 0 radical (unpaired) electrons. The Kier molecular flexibility index (Phi) is 3.79. The molecule has 1 aliphatic carbocycles. The number of hydrogen-bond acceptors (Lipinski definition) is 4. The molecular weight excluding hydrogens is 256 g/mol. The Bertz CT molecular complexity index is 381. The highest BCUT2D eigenvalue weighted by molar-refractivity contribution is 8.00. The third-order valence-corrected chi connectivity index (χ3v) is 4.31. The van der Waals surface area contributed by atoms with Crippen molar-refractivity contribution in [3.05, 3.63) is 0 Å². The van der Waals surface area contributed by atoms with Crippen molar-refractivity contribution in [2.75, 3.05) is 18.2 Å². The van der Waals surface area contributed by atoms with E-state index >= 15 is 0 Å². The van der Waals surface area contributed by atoms with Crippen molar-refractivity contribution < 1.29 is 19.5 Å². The first kappa shape index (κ1) is 13.2. The number of aliphatic carboxylic acids is 1. The minimum Gasteiger partial charge on any atom is -0.481 e. The van der Waals surface area contributed by atoms with Crippen molar-refractivity contribution in [3.8, 4) is 0 Å². The molecule has 1 aliphatic heterocycles. The summed E-state index contributed by atoms with van der Waals surface area (Å²) in [5.41, 5.74) is -0.584. The van der Waals surface area contributed by atoms with Gasteiger partial charge in [-0.2, -0.15) is 0 Å². The predicted molar refractivity (Wildman–Crippen MR) is 66.0 cm³/mol. The molecule has 0 bridgehead atoms. The number of rotatable bonds is 5. The van der Waals surface area contributed by atoms with Crippen LogP contribution in [0.1, 0.15) is 25.7 Å². The first-order valence-corrected chi connectivity index (χ1v) is 7.05. The van der Waals surface area contributed by atoms with Crippen LogP contribution in [-0.4, -0.2) is 51.5 Å². The van der Waals surface area contributed by atoms with Gasteiger partial charge in [0.25, 0.3) is 0 Å². The van der Waals surface area contributed by atoms with Gasteiger partial charge in [0, 0.05) is 0 Å². The lowest BCUT2D eigenvalue weighted by molar-refractivity contribution is -0.141. The van der Waals surface area contributed by atoms with Gasteiger partial charge >= 0.3 is 5.97 Å². The van der Waals surface area contributed by atoms with Crippen LogP contribution in [0.25, 0.3) is 0 Å². The van der Waals surface area contributed by atoms with Gasteiger partial charge in [0.05, 0.1) is 23.6 Å². The van der Waals surface area contributed by atoms with Gasteiger partial charge in [0.15, 0.2) is 0 Å². The quantitative estimate of drug-likeness (QED) is 0.737. The molecule has 0 unspecified atom stereocenters. The second-order valence-electron chi connectivity index (χ2n) is 4.82. The van der Waals surface area contributed by atoms with Gasteiger partial charge in [-0.1, -0.05) is 0 Å². The van der Waals surface area contributed by atoms with Crippen molar-refractivity contribution in [1.29, 1.82) is 0 Å². The highest BCUT2D eigenvalue weighted by Gasteiger charge is 2.40. The maximum atomic E-state index is 11.8. The van der Waals surface area contributed by atoms with E-state index in [1.807, 2.05) is 0 Å². The summed E-state index contributed by atoms with van der Waals surface area (Å²) in [6.07, 6.45) is 2.30. The standard InChI is InChI=1S/C11H16N2O4S/c14-8(5-13-7-18-6-9(13)15)12-11(2-1-3-11)4-10(16)17/h1-7H2,(H,12,14)(H,16,17). The molecule has 2 N–H and O–H groups in total. The lowest BCUT2D eigenvalue weighted by atomic mass is 9.74. The Morgan fingerprint density at radius 3 is 2.61 bits per heavy atom. The van der Waals surface area contributed by atoms with Crippen LogP contribution < -0.4 is 5.32 Å². The topological polar surface area (TPSA) is 86.7 Å². The predicted octanol–water partition coefficient (Wildman–Crippen LogP) is 0.0329. The summed E-state index contributed by atoms with van der Waals surface area (Å²) in [6.45, 7) is 0.0349. The van der Waals surface area contributed by atoms with E-state index in [0.717, 1.165) is 6.42 Å². The summed E-state index contributed by atoms with van der Waals surface area (Å²) in [6, 6.07) is 0. The number of hydrogen-bond donors (Lipinski definition) is 2. The number of carboxylic acid groups (broad SMARTS) is 1. The lowest BCUT2D eigenvalue weighted by Gasteiger charge is -2.41. The second-order valence-corrected chi connectivity index (χ2v) is 5.78. The van der Waals surface area contributed by atoms with Gasteiger partial charge in [0.2, 0.25) is 11.8 Å². The molecule has 0 aromatic carbocycles. The van der Waals surface area contributed by atoms with Gasteiger partial charge in [0.1, 0.15) is 6.54 Å². The summed E-state index contributed by atoms with van der Waals surface area (Å²) < 4.78 is 0. The van der Waals surface area contributed by atoms with Crippen molar-refractivity contribution in [2.45, 2.75) is 31.2 Å². The molecule has 1 heterocycles. The van der Waals surface area contributed by atoms with Gasteiger partial charge in [-0.25, -0.2) is 0 Å². The van der Waals surface area contributed by atoms with E-state index in [1.165, 1.54) is 16.7 Å². The van der Waals surface area contributed by atoms with Crippen LogP contribution in [0.2, 0.25) is 0 Å². The van der Waals surface area contributed by atoms with Crippen LogP contribution in [0.3, 0.4) is 0 Å². The van der Waals surface area contributed by atoms with E-state index in [4.69, 9.17) is 5.11 Å². The smallest absolute Gasteiger partial charge is 0.305 e. The van der Waals surface area contributed by atoms with E-state index in [0.29, 0.717) is 24.5 Å². The summed E-state index contributed by atoms with van der Waals surface area (Å²) >= 11 is 1.48. The van der Waals surface area contributed by atoms with Crippen molar-refractivity contribution >= 4 is 29.5 Å². The second kappa shape index (κ2) is 5.17. The Morgan fingerprint density at radius 1 is 1.44 bits per heavy atom. The van der Waals surface area contributed by atoms with Gasteiger partial charge in [-0.05, 0) is 19.3 Å². The highest BCUT2D eigenvalue weighted by atomic mass is 32.2. The highest BCUT2D eigenvalue weighted by Crippen LogP contribution is 2.34. The maximum absolute atomic E-state index is 11.8. The minimum absolute atomic E-state index is 0.0314. The zero-order valence-corrected chi connectivity index (χ0v) is 10.8. The van der Waals surface area contributed by atoms with Gasteiger partial charge in [-0.15, -0.1) is 11.8 Å². The SMILES string of the molecule is O=C(O)CC1(NC(=O)CN2CSCC2=O)CCC1. The molecule has 0 atom stereocenters. The first-order chi connectivity index (χ1) is 8.51. The molecular formula is C11H16N2O4S. The normalized spacial score (nSPS) is 21.6.